The van der Waals surface area contributed by atoms with Crippen molar-refractivity contribution in [1.82, 2.24) is 30.4 Å². The average molecular weight is 937 g/mol. The van der Waals surface area contributed by atoms with Gasteiger partial charge in [-0.15, -0.1) is 0 Å². The number of nitrogens with zero attached hydrogens (tertiary/aromatic N) is 3. The topological polar surface area (TPSA) is 207 Å². The van der Waals surface area contributed by atoms with E-state index in [1.54, 1.807) is 33.8 Å². The van der Waals surface area contributed by atoms with Gasteiger partial charge in [-0.1, -0.05) is 80.9 Å². The van der Waals surface area contributed by atoms with E-state index >= 15 is 0 Å². The van der Waals surface area contributed by atoms with Crippen molar-refractivity contribution in [3.05, 3.63) is 121 Å². The van der Waals surface area contributed by atoms with Gasteiger partial charge in [0.15, 0.2) is 11.7 Å². The minimum absolute atomic E-state index is 0.0309. The second-order valence-electron chi connectivity index (χ2n) is 17.4. The molecule has 2 aromatic heterocycles. The molecule has 0 saturated heterocycles. The predicted molar refractivity (Wildman–Crippen MR) is 244 cm³/mol. The zero-order valence-electron chi connectivity index (χ0n) is 37.7. The van der Waals surface area contributed by atoms with E-state index in [1.807, 2.05) is 48.5 Å². The van der Waals surface area contributed by atoms with E-state index in [0.717, 1.165) is 28.3 Å². The number of benzene rings is 3. The number of halogens is 2. The van der Waals surface area contributed by atoms with Crippen molar-refractivity contribution in [2.45, 2.75) is 97.0 Å². The lowest BCUT2D eigenvalue weighted by molar-refractivity contribution is -0.172. The maximum atomic E-state index is 14.8. The number of hydrogen-bond acceptors (Lipinski definition) is 11. The van der Waals surface area contributed by atoms with Gasteiger partial charge in [0.25, 0.3) is 5.56 Å². The van der Waals surface area contributed by atoms with E-state index in [1.165, 1.54) is 29.5 Å². The summed E-state index contributed by atoms with van der Waals surface area (Å²) < 4.78 is 33.2. The summed E-state index contributed by atoms with van der Waals surface area (Å²) in [5.41, 5.74) is 3.30. The molecule has 67 heavy (non-hydrogen) atoms. The number of cyclic esters (lactones) is 1. The largest absolute Gasteiger partial charge is 0.458 e. The second-order valence-corrected chi connectivity index (χ2v) is 17.8. The van der Waals surface area contributed by atoms with Crippen LogP contribution in [0.25, 0.3) is 33.4 Å². The smallest absolute Gasteiger partial charge is 0.411 e. The van der Waals surface area contributed by atoms with E-state index in [2.05, 4.69) is 20.9 Å². The Balaban J connectivity index is 0.865. The van der Waals surface area contributed by atoms with Gasteiger partial charge in [0.05, 0.1) is 46.6 Å². The summed E-state index contributed by atoms with van der Waals surface area (Å²) in [6, 6.07) is 17.5. The molecule has 350 valence electrons. The van der Waals surface area contributed by atoms with Crippen molar-refractivity contribution in [1.29, 1.82) is 0 Å². The van der Waals surface area contributed by atoms with Crippen LogP contribution >= 0.6 is 11.6 Å². The first kappa shape index (κ1) is 46.8. The first-order valence-electron chi connectivity index (χ1n) is 22.0. The maximum absolute atomic E-state index is 14.8. The van der Waals surface area contributed by atoms with Gasteiger partial charge in [0.1, 0.15) is 31.2 Å². The van der Waals surface area contributed by atoms with Gasteiger partial charge < -0.3 is 39.8 Å². The number of aliphatic hydroxyl groups is 1. The number of esters is 1. The van der Waals surface area contributed by atoms with Crippen LogP contribution in [0, 0.1) is 11.7 Å². The first-order chi connectivity index (χ1) is 31.9. The summed E-state index contributed by atoms with van der Waals surface area (Å²) >= 11 is 6.22. The van der Waals surface area contributed by atoms with Gasteiger partial charge in [-0.2, -0.15) is 0 Å². The Morgan fingerprint density at radius 1 is 0.985 bits per heavy atom. The molecule has 0 spiro atoms. The lowest BCUT2D eigenvalue weighted by atomic mass is 9.86. The molecule has 0 bridgehead atoms. The van der Waals surface area contributed by atoms with Gasteiger partial charge in [0.2, 0.25) is 17.7 Å². The summed E-state index contributed by atoms with van der Waals surface area (Å²) in [5, 5.41) is 19.7. The molecule has 4 atom stereocenters. The maximum Gasteiger partial charge on any atom is 0.411 e. The van der Waals surface area contributed by atoms with Crippen LogP contribution in [0.3, 0.4) is 0 Å². The van der Waals surface area contributed by atoms with E-state index < -0.39 is 71.1 Å². The fraction of sp³-hybridized carbons (Fsp3) is 0.367. The number of likely N-dealkylation sites (N-methyl/N-ethyl adjacent to an activating group) is 1. The van der Waals surface area contributed by atoms with Gasteiger partial charge in [-0.3, -0.25) is 24.1 Å². The van der Waals surface area contributed by atoms with Crippen molar-refractivity contribution in [3.8, 4) is 22.5 Å². The lowest BCUT2D eigenvalue weighted by Crippen LogP contribution is -2.55. The minimum atomic E-state index is -2.04. The number of amides is 4. The number of aromatic nitrogens is 2. The van der Waals surface area contributed by atoms with Crippen molar-refractivity contribution in [3.63, 3.8) is 0 Å². The normalized spacial score (nSPS) is 17.0. The zero-order valence-corrected chi connectivity index (χ0v) is 38.5. The molecule has 0 unspecified atom stereocenters. The molecule has 18 heteroatoms. The molecule has 8 rings (SSSR count). The molecule has 1 aliphatic carbocycles. The van der Waals surface area contributed by atoms with E-state index in [-0.39, 0.29) is 66.9 Å². The van der Waals surface area contributed by atoms with Crippen LogP contribution in [0.5, 0.6) is 0 Å². The minimum Gasteiger partial charge on any atom is -0.458 e. The summed E-state index contributed by atoms with van der Waals surface area (Å²) in [4.78, 5) is 86.0. The third-order valence-electron chi connectivity index (χ3n) is 12.7. The summed E-state index contributed by atoms with van der Waals surface area (Å²) in [6.45, 7) is 7.67. The van der Waals surface area contributed by atoms with E-state index in [4.69, 9.17) is 25.8 Å². The summed E-state index contributed by atoms with van der Waals surface area (Å²) in [5.74, 6) is -3.48. The highest BCUT2D eigenvalue weighted by atomic mass is 35.5. The second kappa shape index (κ2) is 18.5. The third kappa shape index (κ3) is 8.62. The number of hydrogen-bond donors (Lipinski definition) is 4. The van der Waals surface area contributed by atoms with Crippen LogP contribution in [0.2, 0.25) is 5.02 Å². The molecule has 4 heterocycles. The van der Waals surface area contributed by atoms with Crippen molar-refractivity contribution in [2.75, 3.05) is 13.8 Å². The Morgan fingerprint density at radius 2 is 1.66 bits per heavy atom. The van der Waals surface area contributed by atoms with Crippen molar-refractivity contribution >= 4 is 52.3 Å². The predicted octanol–water partition coefficient (Wildman–Crippen LogP) is 5.72. The highest BCUT2D eigenvalue weighted by Crippen LogP contribution is 2.46. The number of fused-ring (bicyclic) bond motifs is 8. The molecular formula is C49H50ClFN6O10. The lowest BCUT2D eigenvalue weighted by Gasteiger charge is -2.31. The Bertz CT molecular complexity index is 2880. The van der Waals surface area contributed by atoms with Gasteiger partial charge >= 0.3 is 12.1 Å². The van der Waals surface area contributed by atoms with Crippen molar-refractivity contribution in [2.24, 2.45) is 5.92 Å². The molecule has 5 aromatic rings. The molecule has 4 amide bonds. The summed E-state index contributed by atoms with van der Waals surface area (Å²) in [7, 11) is 1.49. The molecule has 0 fully saturated rings. The van der Waals surface area contributed by atoms with E-state index in [0.29, 0.717) is 27.9 Å². The van der Waals surface area contributed by atoms with Gasteiger partial charge in [0, 0.05) is 47.3 Å². The summed E-state index contributed by atoms with van der Waals surface area (Å²) in [6.07, 6.45) is -2.21. The molecule has 16 nitrogen and oxygen atoms in total. The number of ether oxygens (including phenoxy) is 3. The molecule has 2 aliphatic heterocycles. The molecule has 3 aliphatic rings. The highest BCUT2D eigenvalue weighted by Gasteiger charge is 2.46. The quantitative estimate of drug-likeness (QED) is 0.0767. The zero-order chi connectivity index (χ0) is 48.1. The Morgan fingerprint density at radius 3 is 2.31 bits per heavy atom. The van der Waals surface area contributed by atoms with Crippen molar-refractivity contribution < 1.29 is 47.7 Å². The number of carbonyl (C=O) groups is 5. The van der Waals surface area contributed by atoms with Crippen LogP contribution in [-0.2, 0) is 58.7 Å². The fourth-order valence-electron chi connectivity index (χ4n) is 9.17. The Kier molecular flexibility index (Phi) is 13.0. The molecular weight excluding hydrogens is 887 g/mol. The molecule has 4 N–H and O–H groups in total. The Labute approximate surface area is 389 Å². The number of carbonyl (C=O) groups excluding carboxylic acids is 5. The van der Waals surface area contributed by atoms with E-state index in [9.17, 15) is 38.3 Å². The van der Waals surface area contributed by atoms with Crippen LogP contribution in [0.4, 0.5) is 9.18 Å². The number of pyridine rings is 2. The van der Waals surface area contributed by atoms with Crippen LogP contribution < -0.4 is 21.5 Å². The highest BCUT2D eigenvalue weighted by molar-refractivity contribution is 6.31. The monoisotopic (exact) mass is 936 g/mol. The third-order valence-corrected chi connectivity index (χ3v) is 13.0. The Hall–Kier alpha value is -6.69. The fourth-order valence-corrected chi connectivity index (χ4v) is 9.33. The number of nitrogens with one attached hydrogen (secondary N) is 3. The van der Waals surface area contributed by atoms with Crippen LogP contribution in [0.15, 0.2) is 71.5 Å². The first-order valence-corrected chi connectivity index (χ1v) is 22.4. The number of rotatable bonds is 14. The standard InChI is InChI=1S/C49H50ClFN6O10/c1-7-49(64)35-18-39-41-33(21-57(39)46(61)34(35)22-65-47(49)62)32(31-17-36(50)37(51)19-38(31)55-41)20-52-40(58)16-25(4)66-23-53-44(59)26(5)54-45(60)42(24(2)3)56(6)48(63)67-43-29-14-10-8-12-27(29)28-13-9-11-15-30(28)43/h8-15,17-19,24-26,42-43,64H,7,16,20-23H2,1-6H3,(H,52,58)(H,53,59)(H,54,60)/t25-,26-,42-,49-/m0/s1. The van der Waals surface area contributed by atoms with Crippen LogP contribution in [0.1, 0.15) is 86.9 Å². The molecule has 0 radical (unpaired) electrons. The van der Waals surface area contributed by atoms with Gasteiger partial charge in [-0.25, -0.2) is 19.0 Å². The average Bonchev–Trinajstić information content (AvgIpc) is 3.82. The van der Waals surface area contributed by atoms with Crippen LogP contribution in [-0.4, -0.2) is 81.3 Å². The van der Waals surface area contributed by atoms with Gasteiger partial charge in [-0.05, 0) is 55.0 Å². The molecule has 0 saturated carbocycles. The molecule has 3 aromatic carbocycles. The SMILES string of the molecule is CC[C@@]1(O)C(=O)OCc2c1cc1n(c2=O)Cc2c-1nc1cc(F)c(Cl)cc1c2CNC(=O)C[C@H](C)OCNC(=O)[C@H](C)NC(=O)[C@H](C(C)C)N(C)C(=O)OC1c2ccccc2-c2ccccc21.